The molecule has 3 rings (SSSR count). The number of nitrogens with one attached hydrogen (secondary N) is 2. The maximum atomic E-state index is 11.9. The fourth-order valence-electron chi connectivity index (χ4n) is 2.43. The van der Waals surface area contributed by atoms with Crippen LogP contribution in [0.4, 0.5) is 4.79 Å². The third kappa shape index (κ3) is 5.70. The van der Waals surface area contributed by atoms with Gasteiger partial charge in [0.15, 0.2) is 11.5 Å². The molecule has 0 saturated carbocycles. The Morgan fingerprint density at radius 2 is 1.64 bits per heavy atom. The first-order valence-corrected chi connectivity index (χ1v) is 9.00. The fraction of sp³-hybridized carbons (Fsp3) is 0.190. The predicted molar refractivity (Wildman–Crippen MR) is 105 cm³/mol. The van der Waals surface area contributed by atoms with Gasteiger partial charge in [-0.1, -0.05) is 18.2 Å². The Hall–Kier alpha value is -3.61. The van der Waals surface area contributed by atoms with Gasteiger partial charge in [-0.05, 0) is 42.3 Å². The van der Waals surface area contributed by atoms with Crippen LogP contribution in [0.2, 0.25) is 0 Å². The lowest BCUT2D eigenvalue weighted by Gasteiger charge is -2.11. The average molecular weight is 378 g/mol. The summed E-state index contributed by atoms with van der Waals surface area (Å²) in [6.07, 6.45) is 5.05. The minimum Gasteiger partial charge on any atom is -0.490 e. The zero-order valence-corrected chi connectivity index (χ0v) is 15.6. The van der Waals surface area contributed by atoms with Gasteiger partial charge in [0, 0.05) is 37.7 Å². The molecule has 0 aliphatic rings. The van der Waals surface area contributed by atoms with Crippen molar-refractivity contribution in [1.82, 2.24) is 20.6 Å². The van der Waals surface area contributed by atoms with E-state index in [9.17, 15) is 4.79 Å². The van der Waals surface area contributed by atoms with Crippen molar-refractivity contribution < 1.29 is 14.3 Å². The SMILES string of the molecule is CCOc1ccccc1Oc1ccc(CNC(=O)NCc2ccncc2)cn1. The van der Waals surface area contributed by atoms with Crippen molar-refractivity contribution in [3.8, 4) is 17.4 Å². The molecule has 0 aliphatic heterocycles. The molecule has 2 aromatic heterocycles. The van der Waals surface area contributed by atoms with Gasteiger partial charge in [0.2, 0.25) is 5.88 Å². The second-order valence-electron chi connectivity index (χ2n) is 5.88. The highest BCUT2D eigenvalue weighted by Crippen LogP contribution is 2.30. The summed E-state index contributed by atoms with van der Waals surface area (Å²) in [5, 5.41) is 5.59. The molecule has 0 fully saturated rings. The largest absolute Gasteiger partial charge is 0.490 e. The Morgan fingerprint density at radius 3 is 2.32 bits per heavy atom. The number of amides is 2. The molecule has 0 bridgehead atoms. The summed E-state index contributed by atoms with van der Waals surface area (Å²) >= 11 is 0. The van der Waals surface area contributed by atoms with E-state index in [-0.39, 0.29) is 6.03 Å². The Balaban J connectivity index is 1.48. The second-order valence-corrected chi connectivity index (χ2v) is 5.88. The average Bonchev–Trinajstić information content (AvgIpc) is 2.74. The highest BCUT2D eigenvalue weighted by atomic mass is 16.5. The molecule has 28 heavy (non-hydrogen) atoms. The van der Waals surface area contributed by atoms with E-state index in [0.29, 0.717) is 37.1 Å². The molecule has 1 aromatic carbocycles. The van der Waals surface area contributed by atoms with Crippen molar-refractivity contribution in [2.45, 2.75) is 20.0 Å². The van der Waals surface area contributed by atoms with Gasteiger partial charge in [-0.2, -0.15) is 0 Å². The molecule has 2 heterocycles. The normalized spacial score (nSPS) is 10.2. The quantitative estimate of drug-likeness (QED) is 0.625. The van der Waals surface area contributed by atoms with Gasteiger partial charge in [-0.15, -0.1) is 0 Å². The van der Waals surface area contributed by atoms with Gasteiger partial charge >= 0.3 is 6.03 Å². The van der Waals surface area contributed by atoms with Crippen molar-refractivity contribution in [3.05, 3.63) is 78.2 Å². The molecular formula is C21H22N4O3. The van der Waals surface area contributed by atoms with Gasteiger partial charge < -0.3 is 20.1 Å². The molecule has 0 unspecified atom stereocenters. The highest BCUT2D eigenvalue weighted by Gasteiger charge is 2.06. The van der Waals surface area contributed by atoms with E-state index in [0.717, 1.165) is 11.1 Å². The van der Waals surface area contributed by atoms with E-state index in [1.807, 2.05) is 49.4 Å². The molecule has 0 aliphatic carbocycles. The molecule has 3 aromatic rings. The van der Waals surface area contributed by atoms with Gasteiger partial charge in [0.25, 0.3) is 0 Å². The van der Waals surface area contributed by atoms with E-state index in [1.54, 1.807) is 24.7 Å². The third-order valence-corrected chi connectivity index (χ3v) is 3.82. The van der Waals surface area contributed by atoms with E-state index in [2.05, 4.69) is 20.6 Å². The standard InChI is InChI=1S/C21H22N4O3/c1-2-27-18-5-3-4-6-19(18)28-20-8-7-17(14-23-20)15-25-21(26)24-13-16-9-11-22-12-10-16/h3-12,14H,2,13,15H2,1H3,(H2,24,25,26). The molecule has 2 N–H and O–H groups in total. The number of benzene rings is 1. The molecule has 0 radical (unpaired) electrons. The summed E-state index contributed by atoms with van der Waals surface area (Å²) in [6, 6.07) is 14.5. The van der Waals surface area contributed by atoms with Crippen LogP contribution in [0, 0.1) is 0 Å². The van der Waals surface area contributed by atoms with Crippen LogP contribution in [0.3, 0.4) is 0 Å². The molecule has 0 atom stereocenters. The number of rotatable bonds is 8. The van der Waals surface area contributed by atoms with Crippen molar-refractivity contribution in [2.75, 3.05) is 6.61 Å². The highest BCUT2D eigenvalue weighted by molar-refractivity contribution is 5.73. The number of urea groups is 1. The zero-order valence-electron chi connectivity index (χ0n) is 15.6. The Kier molecular flexibility index (Phi) is 6.78. The first-order chi connectivity index (χ1) is 13.7. The van der Waals surface area contributed by atoms with Gasteiger partial charge in [-0.3, -0.25) is 4.98 Å². The number of hydrogen-bond donors (Lipinski definition) is 2. The van der Waals surface area contributed by atoms with Crippen LogP contribution < -0.4 is 20.1 Å². The van der Waals surface area contributed by atoms with Gasteiger partial charge in [-0.25, -0.2) is 9.78 Å². The third-order valence-electron chi connectivity index (χ3n) is 3.82. The molecule has 7 nitrogen and oxygen atoms in total. The summed E-state index contributed by atoms with van der Waals surface area (Å²) in [5.74, 6) is 1.74. The summed E-state index contributed by atoms with van der Waals surface area (Å²) < 4.78 is 11.3. The summed E-state index contributed by atoms with van der Waals surface area (Å²) in [6.45, 7) is 3.29. The van der Waals surface area contributed by atoms with Crippen LogP contribution >= 0.6 is 0 Å². The molecule has 0 saturated heterocycles. The van der Waals surface area contributed by atoms with Crippen LogP contribution in [0.15, 0.2) is 67.1 Å². The van der Waals surface area contributed by atoms with E-state index in [1.165, 1.54) is 0 Å². The Labute approximate surface area is 163 Å². The maximum Gasteiger partial charge on any atom is 0.315 e. The van der Waals surface area contributed by atoms with Crippen LogP contribution in [0.1, 0.15) is 18.1 Å². The Morgan fingerprint density at radius 1 is 0.929 bits per heavy atom. The molecule has 0 spiro atoms. The van der Waals surface area contributed by atoms with Crippen LogP contribution in [-0.4, -0.2) is 22.6 Å². The lowest BCUT2D eigenvalue weighted by atomic mass is 10.3. The number of para-hydroxylation sites is 2. The Bertz CT molecular complexity index is 886. The first kappa shape index (κ1) is 19.2. The number of hydrogen-bond acceptors (Lipinski definition) is 5. The van der Waals surface area contributed by atoms with Crippen molar-refractivity contribution in [3.63, 3.8) is 0 Å². The monoisotopic (exact) mass is 378 g/mol. The minimum absolute atomic E-state index is 0.247. The van der Waals surface area contributed by atoms with E-state index in [4.69, 9.17) is 9.47 Å². The number of ether oxygens (including phenoxy) is 2. The van der Waals surface area contributed by atoms with Crippen LogP contribution in [-0.2, 0) is 13.1 Å². The number of aromatic nitrogens is 2. The number of carbonyl (C=O) groups is 1. The number of pyridine rings is 2. The van der Waals surface area contributed by atoms with Crippen LogP contribution in [0.5, 0.6) is 17.4 Å². The molecular weight excluding hydrogens is 356 g/mol. The van der Waals surface area contributed by atoms with E-state index >= 15 is 0 Å². The van der Waals surface area contributed by atoms with Gasteiger partial charge in [0.05, 0.1) is 6.61 Å². The lowest BCUT2D eigenvalue weighted by molar-refractivity contribution is 0.240. The predicted octanol–water partition coefficient (Wildman–Crippen LogP) is 3.67. The van der Waals surface area contributed by atoms with Gasteiger partial charge in [0.1, 0.15) is 0 Å². The van der Waals surface area contributed by atoms with Crippen molar-refractivity contribution in [2.24, 2.45) is 0 Å². The van der Waals surface area contributed by atoms with Crippen molar-refractivity contribution in [1.29, 1.82) is 0 Å². The summed E-state index contributed by atoms with van der Waals surface area (Å²) in [5.41, 5.74) is 1.85. The second kappa shape index (κ2) is 9.91. The maximum absolute atomic E-state index is 11.9. The van der Waals surface area contributed by atoms with Crippen molar-refractivity contribution >= 4 is 6.03 Å². The summed E-state index contributed by atoms with van der Waals surface area (Å²) in [4.78, 5) is 20.1. The first-order valence-electron chi connectivity index (χ1n) is 9.00. The topological polar surface area (TPSA) is 85.4 Å². The number of nitrogens with zero attached hydrogens (tertiary/aromatic N) is 2. The summed E-state index contributed by atoms with van der Waals surface area (Å²) in [7, 11) is 0. The smallest absolute Gasteiger partial charge is 0.315 e. The molecule has 7 heteroatoms. The number of carbonyl (C=O) groups excluding carboxylic acids is 1. The van der Waals surface area contributed by atoms with E-state index < -0.39 is 0 Å². The van der Waals surface area contributed by atoms with Crippen LogP contribution in [0.25, 0.3) is 0 Å². The fourth-order valence-corrected chi connectivity index (χ4v) is 2.43. The minimum atomic E-state index is -0.247. The zero-order chi connectivity index (χ0) is 19.6. The lowest BCUT2D eigenvalue weighted by Crippen LogP contribution is -2.34. The molecule has 144 valence electrons. The molecule has 2 amide bonds.